The van der Waals surface area contributed by atoms with Gasteiger partial charge in [0.2, 0.25) is 5.91 Å². The van der Waals surface area contributed by atoms with Crippen molar-refractivity contribution < 1.29 is 19.1 Å². The van der Waals surface area contributed by atoms with Gasteiger partial charge in [-0.25, -0.2) is 9.69 Å². The average Bonchev–Trinajstić information content (AvgIpc) is 2.67. The summed E-state index contributed by atoms with van der Waals surface area (Å²) in [6.45, 7) is 5.94. The summed E-state index contributed by atoms with van der Waals surface area (Å²) in [6, 6.07) is 17.7. The first-order valence-electron chi connectivity index (χ1n) is 10.1. The van der Waals surface area contributed by atoms with Crippen LogP contribution < -0.4 is 4.74 Å². The van der Waals surface area contributed by atoms with Gasteiger partial charge in [-0.2, -0.15) is 0 Å². The summed E-state index contributed by atoms with van der Waals surface area (Å²) >= 11 is 0. The van der Waals surface area contributed by atoms with Gasteiger partial charge >= 0.3 is 6.09 Å². The Labute approximate surface area is 172 Å². The van der Waals surface area contributed by atoms with Gasteiger partial charge in [0.1, 0.15) is 18.0 Å². The number of ether oxygens (including phenoxy) is 2. The molecule has 0 spiro atoms. The van der Waals surface area contributed by atoms with Crippen molar-refractivity contribution in [3.05, 3.63) is 65.7 Å². The number of imide groups is 1. The van der Waals surface area contributed by atoms with Crippen LogP contribution in [0, 0.1) is 0 Å². The molecule has 1 aliphatic heterocycles. The van der Waals surface area contributed by atoms with Crippen molar-refractivity contribution in [3.8, 4) is 5.75 Å². The van der Waals surface area contributed by atoms with Crippen LogP contribution in [0.25, 0.3) is 0 Å². The number of hydrogen-bond donors (Lipinski definition) is 0. The van der Waals surface area contributed by atoms with Crippen LogP contribution in [0.4, 0.5) is 4.79 Å². The minimum atomic E-state index is -0.628. The quantitative estimate of drug-likeness (QED) is 0.705. The van der Waals surface area contributed by atoms with Gasteiger partial charge in [-0.05, 0) is 63.3 Å². The van der Waals surface area contributed by atoms with Gasteiger partial charge in [0, 0.05) is 12.5 Å². The largest absolute Gasteiger partial charge is 0.489 e. The fourth-order valence-corrected chi connectivity index (χ4v) is 3.43. The van der Waals surface area contributed by atoms with Gasteiger partial charge in [0.05, 0.1) is 0 Å². The second-order valence-electron chi connectivity index (χ2n) is 8.41. The van der Waals surface area contributed by atoms with Crippen LogP contribution in [0.3, 0.4) is 0 Å². The summed E-state index contributed by atoms with van der Waals surface area (Å²) in [5, 5.41) is 0. The molecule has 2 amide bonds. The molecule has 0 aromatic heterocycles. The molecule has 0 aliphatic carbocycles. The lowest BCUT2D eigenvalue weighted by molar-refractivity contribution is -0.135. The van der Waals surface area contributed by atoms with Crippen molar-refractivity contribution in [1.29, 1.82) is 0 Å². The van der Waals surface area contributed by atoms with E-state index in [0.717, 1.165) is 29.7 Å². The molecule has 0 saturated carbocycles. The van der Waals surface area contributed by atoms with Crippen molar-refractivity contribution in [2.45, 2.75) is 64.7 Å². The number of amides is 2. The van der Waals surface area contributed by atoms with E-state index in [1.807, 2.05) is 75.4 Å². The topological polar surface area (TPSA) is 55.8 Å². The minimum absolute atomic E-state index is 0.154. The summed E-state index contributed by atoms with van der Waals surface area (Å²) in [5.74, 6) is 0.639. The molecular formula is C24H29NO4. The van der Waals surface area contributed by atoms with Crippen molar-refractivity contribution in [1.82, 2.24) is 4.90 Å². The molecule has 1 aliphatic rings. The zero-order valence-electron chi connectivity index (χ0n) is 17.4. The standard InChI is InChI=1S/C24H29NO4/c1-24(2,3)29-23(27)25-20(10-7-11-22(25)26)16-18-12-14-21(15-13-18)28-17-19-8-5-4-6-9-19/h4-6,8-9,12-15,20H,7,10-11,16-17H2,1-3H3. The molecule has 154 valence electrons. The van der Waals surface area contributed by atoms with E-state index in [-0.39, 0.29) is 11.9 Å². The maximum Gasteiger partial charge on any atom is 0.417 e. The van der Waals surface area contributed by atoms with Gasteiger partial charge in [-0.3, -0.25) is 4.79 Å². The molecule has 3 rings (SSSR count). The number of benzene rings is 2. The molecule has 0 bridgehead atoms. The Balaban J connectivity index is 1.62. The Hall–Kier alpha value is -2.82. The first-order valence-corrected chi connectivity index (χ1v) is 10.1. The van der Waals surface area contributed by atoms with E-state index in [9.17, 15) is 9.59 Å². The molecule has 0 radical (unpaired) electrons. The molecule has 1 saturated heterocycles. The predicted molar refractivity (Wildman–Crippen MR) is 112 cm³/mol. The van der Waals surface area contributed by atoms with Gasteiger partial charge in [-0.15, -0.1) is 0 Å². The Bertz CT molecular complexity index is 824. The second kappa shape index (κ2) is 9.12. The molecule has 5 heteroatoms. The van der Waals surface area contributed by atoms with Crippen LogP contribution in [0.15, 0.2) is 54.6 Å². The SMILES string of the molecule is CC(C)(C)OC(=O)N1C(=O)CCCC1Cc1ccc(OCc2ccccc2)cc1. The highest BCUT2D eigenvalue weighted by molar-refractivity contribution is 5.93. The van der Waals surface area contributed by atoms with Crippen LogP contribution in [-0.2, 0) is 22.6 Å². The van der Waals surface area contributed by atoms with Crippen LogP contribution in [0.5, 0.6) is 5.75 Å². The number of nitrogens with zero attached hydrogens (tertiary/aromatic N) is 1. The molecule has 2 aromatic carbocycles. The van der Waals surface area contributed by atoms with E-state index in [4.69, 9.17) is 9.47 Å². The Morgan fingerprint density at radius 2 is 1.72 bits per heavy atom. The summed E-state index contributed by atoms with van der Waals surface area (Å²) in [6.07, 6.45) is 2.04. The summed E-state index contributed by atoms with van der Waals surface area (Å²) in [4.78, 5) is 26.3. The first-order chi connectivity index (χ1) is 13.8. The van der Waals surface area contributed by atoms with E-state index in [1.165, 1.54) is 4.90 Å². The summed E-state index contributed by atoms with van der Waals surface area (Å²) < 4.78 is 11.3. The lowest BCUT2D eigenvalue weighted by atomic mass is 9.95. The van der Waals surface area contributed by atoms with Gasteiger partial charge < -0.3 is 9.47 Å². The lowest BCUT2D eigenvalue weighted by Gasteiger charge is -2.35. The highest BCUT2D eigenvalue weighted by Crippen LogP contribution is 2.25. The zero-order valence-corrected chi connectivity index (χ0v) is 17.4. The average molecular weight is 395 g/mol. The smallest absolute Gasteiger partial charge is 0.417 e. The number of piperidine rings is 1. The lowest BCUT2D eigenvalue weighted by Crippen LogP contribution is -2.50. The third kappa shape index (κ3) is 6.08. The number of rotatable bonds is 5. The maximum absolute atomic E-state index is 12.6. The van der Waals surface area contributed by atoms with Gasteiger partial charge in [0.25, 0.3) is 0 Å². The molecule has 2 aromatic rings. The van der Waals surface area contributed by atoms with E-state index in [2.05, 4.69) is 0 Å². The van der Waals surface area contributed by atoms with Crippen LogP contribution in [0.2, 0.25) is 0 Å². The molecule has 1 atom stereocenters. The molecule has 1 unspecified atom stereocenters. The van der Waals surface area contributed by atoms with Gasteiger partial charge in [-0.1, -0.05) is 42.5 Å². The normalized spacial score (nSPS) is 17.1. The Kier molecular flexibility index (Phi) is 6.57. The number of likely N-dealkylation sites (tertiary alicyclic amines) is 1. The highest BCUT2D eigenvalue weighted by atomic mass is 16.6. The number of carbonyl (C=O) groups excluding carboxylic acids is 2. The number of carbonyl (C=O) groups is 2. The Morgan fingerprint density at radius 1 is 1.03 bits per heavy atom. The van der Waals surface area contributed by atoms with E-state index in [0.29, 0.717) is 19.4 Å². The molecule has 5 nitrogen and oxygen atoms in total. The summed E-state index contributed by atoms with van der Waals surface area (Å²) in [7, 11) is 0. The fraction of sp³-hybridized carbons (Fsp3) is 0.417. The monoisotopic (exact) mass is 395 g/mol. The van der Waals surface area contributed by atoms with Crippen LogP contribution >= 0.6 is 0 Å². The second-order valence-corrected chi connectivity index (χ2v) is 8.41. The minimum Gasteiger partial charge on any atom is -0.489 e. The number of hydrogen-bond acceptors (Lipinski definition) is 4. The third-order valence-corrected chi connectivity index (χ3v) is 4.80. The maximum atomic E-state index is 12.6. The summed E-state index contributed by atoms with van der Waals surface area (Å²) in [5.41, 5.74) is 1.55. The van der Waals surface area contributed by atoms with E-state index < -0.39 is 11.7 Å². The van der Waals surface area contributed by atoms with Crippen LogP contribution in [-0.4, -0.2) is 28.5 Å². The molecule has 29 heavy (non-hydrogen) atoms. The van der Waals surface area contributed by atoms with Crippen LogP contribution in [0.1, 0.15) is 51.2 Å². The fourth-order valence-electron chi connectivity index (χ4n) is 3.43. The molecule has 0 N–H and O–H groups in total. The molecular weight excluding hydrogens is 366 g/mol. The highest BCUT2D eigenvalue weighted by Gasteiger charge is 2.35. The van der Waals surface area contributed by atoms with Crippen molar-refractivity contribution in [2.75, 3.05) is 0 Å². The molecule has 1 heterocycles. The predicted octanol–water partition coefficient (Wildman–Crippen LogP) is 5.12. The van der Waals surface area contributed by atoms with Gasteiger partial charge in [0.15, 0.2) is 0 Å². The third-order valence-electron chi connectivity index (χ3n) is 4.80. The van der Waals surface area contributed by atoms with E-state index in [1.54, 1.807) is 0 Å². The van der Waals surface area contributed by atoms with E-state index >= 15 is 0 Å². The van der Waals surface area contributed by atoms with Crippen molar-refractivity contribution in [3.63, 3.8) is 0 Å². The Morgan fingerprint density at radius 3 is 2.38 bits per heavy atom. The zero-order chi connectivity index (χ0) is 20.9. The first kappa shape index (κ1) is 20.9. The van der Waals surface area contributed by atoms with Crippen molar-refractivity contribution in [2.24, 2.45) is 0 Å². The molecule has 1 fully saturated rings. The van der Waals surface area contributed by atoms with Crippen molar-refractivity contribution >= 4 is 12.0 Å².